The van der Waals surface area contributed by atoms with Crippen molar-refractivity contribution in [3.8, 4) is 0 Å². The highest BCUT2D eigenvalue weighted by atomic mass is 79.9. The lowest BCUT2D eigenvalue weighted by Gasteiger charge is -2.00. The Kier molecular flexibility index (Phi) is 3.59. The van der Waals surface area contributed by atoms with E-state index in [4.69, 9.17) is 16.0 Å². The van der Waals surface area contributed by atoms with Gasteiger partial charge in [-0.25, -0.2) is 0 Å². The molecule has 2 aromatic heterocycles. The molecular formula is C15H9BrClNO2. The molecule has 100 valence electrons. The Bertz CT molecular complexity index is 797. The number of ketones is 1. The lowest BCUT2D eigenvalue weighted by atomic mass is 10.1. The number of aromatic nitrogens is 1. The van der Waals surface area contributed by atoms with Gasteiger partial charge in [-0.05, 0) is 39.7 Å². The summed E-state index contributed by atoms with van der Waals surface area (Å²) in [7, 11) is 0. The van der Waals surface area contributed by atoms with Gasteiger partial charge in [0.05, 0.1) is 9.50 Å². The Hall–Kier alpha value is -1.65. The maximum absolute atomic E-state index is 12.3. The molecule has 1 aromatic carbocycles. The Morgan fingerprint density at radius 3 is 2.95 bits per heavy atom. The highest BCUT2D eigenvalue weighted by Crippen LogP contribution is 2.28. The maximum atomic E-state index is 12.3. The lowest BCUT2D eigenvalue weighted by molar-refractivity contribution is 0.0968. The van der Waals surface area contributed by atoms with Crippen molar-refractivity contribution < 1.29 is 9.21 Å². The third-order valence-corrected chi connectivity index (χ3v) is 3.94. The molecule has 0 unspecified atom stereocenters. The van der Waals surface area contributed by atoms with Crippen LogP contribution in [0.5, 0.6) is 0 Å². The monoisotopic (exact) mass is 349 g/mol. The number of furan rings is 1. The zero-order valence-corrected chi connectivity index (χ0v) is 12.6. The van der Waals surface area contributed by atoms with E-state index in [1.165, 1.54) is 6.20 Å². The normalized spacial score (nSPS) is 10.9. The van der Waals surface area contributed by atoms with E-state index < -0.39 is 0 Å². The molecule has 3 rings (SSSR count). The largest absolute Gasteiger partial charge is 0.452 e. The fourth-order valence-corrected chi connectivity index (χ4v) is 2.62. The topological polar surface area (TPSA) is 43.1 Å². The van der Waals surface area contributed by atoms with Gasteiger partial charge in [0, 0.05) is 24.2 Å². The molecule has 0 aliphatic rings. The molecule has 0 bridgehead atoms. The van der Waals surface area contributed by atoms with Gasteiger partial charge in [-0.2, -0.15) is 0 Å². The van der Waals surface area contributed by atoms with Gasteiger partial charge in [-0.15, -0.1) is 0 Å². The summed E-state index contributed by atoms with van der Waals surface area (Å²) >= 11 is 9.41. The van der Waals surface area contributed by atoms with Crippen molar-refractivity contribution in [1.29, 1.82) is 0 Å². The van der Waals surface area contributed by atoms with Crippen LogP contribution in [0.3, 0.4) is 0 Å². The first-order chi connectivity index (χ1) is 9.65. The van der Waals surface area contributed by atoms with Crippen LogP contribution in [-0.2, 0) is 6.42 Å². The first-order valence-corrected chi connectivity index (χ1v) is 7.12. The summed E-state index contributed by atoms with van der Waals surface area (Å²) in [6, 6.07) is 9.16. The highest BCUT2D eigenvalue weighted by molar-refractivity contribution is 9.10. The molecule has 0 atom stereocenters. The van der Waals surface area contributed by atoms with E-state index >= 15 is 0 Å². The van der Waals surface area contributed by atoms with Crippen molar-refractivity contribution in [3.05, 3.63) is 63.5 Å². The SMILES string of the molecule is O=C(Cc1ccncc1Cl)c1cc2cccc(Br)c2o1. The van der Waals surface area contributed by atoms with Gasteiger partial charge in [0.2, 0.25) is 5.78 Å². The fourth-order valence-electron chi connectivity index (χ4n) is 1.97. The second kappa shape index (κ2) is 5.38. The van der Waals surface area contributed by atoms with Crippen LogP contribution in [0, 0.1) is 0 Å². The van der Waals surface area contributed by atoms with Gasteiger partial charge in [0.15, 0.2) is 5.76 Å². The van der Waals surface area contributed by atoms with E-state index in [1.807, 2.05) is 18.2 Å². The number of halogens is 2. The number of benzene rings is 1. The number of Topliss-reactive ketones (excluding diaryl/α,β-unsaturated/α-hetero) is 1. The summed E-state index contributed by atoms with van der Waals surface area (Å²) < 4.78 is 6.45. The van der Waals surface area contributed by atoms with Crippen molar-refractivity contribution in [2.75, 3.05) is 0 Å². The molecule has 0 amide bonds. The minimum atomic E-state index is -0.110. The summed E-state index contributed by atoms with van der Waals surface area (Å²) in [5, 5.41) is 1.38. The average Bonchev–Trinajstić information content (AvgIpc) is 2.87. The molecule has 2 heterocycles. The number of fused-ring (bicyclic) bond motifs is 1. The van der Waals surface area contributed by atoms with E-state index in [2.05, 4.69) is 20.9 Å². The summed E-state index contributed by atoms with van der Waals surface area (Å²) in [6.07, 6.45) is 3.34. The Morgan fingerprint density at radius 2 is 2.20 bits per heavy atom. The van der Waals surface area contributed by atoms with Gasteiger partial charge >= 0.3 is 0 Å². The van der Waals surface area contributed by atoms with Gasteiger partial charge in [-0.1, -0.05) is 23.7 Å². The van der Waals surface area contributed by atoms with E-state index in [0.29, 0.717) is 16.4 Å². The summed E-state index contributed by atoms with van der Waals surface area (Å²) in [5.74, 6) is 0.223. The van der Waals surface area contributed by atoms with Crippen molar-refractivity contribution >= 4 is 44.3 Å². The number of hydrogen-bond donors (Lipinski definition) is 0. The third kappa shape index (κ3) is 2.49. The van der Waals surface area contributed by atoms with E-state index in [-0.39, 0.29) is 12.2 Å². The Balaban J connectivity index is 1.93. The maximum Gasteiger partial charge on any atom is 0.202 e. The number of hydrogen-bond acceptors (Lipinski definition) is 3. The zero-order chi connectivity index (χ0) is 14.1. The second-order valence-corrected chi connectivity index (χ2v) is 5.60. The lowest BCUT2D eigenvalue weighted by Crippen LogP contribution is -2.02. The van der Waals surface area contributed by atoms with Crippen LogP contribution in [0.1, 0.15) is 16.1 Å². The van der Waals surface area contributed by atoms with Crippen LogP contribution in [0.15, 0.2) is 51.6 Å². The summed E-state index contributed by atoms with van der Waals surface area (Å²) in [5.41, 5.74) is 1.42. The molecule has 0 saturated carbocycles. The summed E-state index contributed by atoms with van der Waals surface area (Å²) in [6.45, 7) is 0. The molecule has 0 fully saturated rings. The molecule has 0 N–H and O–H groups in total. The quantitative estimate of drug-likeness (QED) is 0.645. The molecule has 0 saturated heterocycles. The smallest absolute Gasteiger partial charge is 0.202 e. The van der Waals surface area contributed by atoms with Crippen LogP contribution in [-0.4, -0.2) is 10.8 Å². The minimum Gasteiger partial charge on any atom is -0.452 e. The van der Waals surface area contributed by atoms with E-state index in [9.17, 15) is 4.79 Å². The predicted molar refractivity (Wildman–Crippen MR) is 81.2 cm³/mol. The standard InChI is InChI=1S/C15H9BrClNO2/c16-11-3-1-2-10-7-14(20-15(10)11)13(19)6-9-4-5-18-8-12(9)17/h1-5,7-8H,6H2. The zero-order valence-electron chi connectivity index (χ0n) is 10.3. The summed E-state index contributed by atoms with van der Waals surface area (Å²) in [4.78, 5) is 16.2. The first kappa shape index (κ1) is 13.3. The fraction of sp³-hybridized carbons (Fsp3) is 0.0667. The second-order valence-electron chi connectivity index (χ2n) is 4.34. The van der Waals surface area contributed by atoms with Crippen LogP contribution >= 0.6 is 27.5 Å². The molecule has 3 aromatic rings. The van der Waals surface area contributed by atoms with Crippen molar-refractivity contribution in [2.45, 2.75) is 6.42 Å². The molecule has 0 spiro atoms. The van der Waals surface area contributed by atoms with E-state index in [0.717, 1.165) is 15.4 Å². The molecule has 0 aliphatic carbocycles. The van der Waals surface area contributed by atoms with Crippen LogP contribution in [0.25, 0.3) is 11.0 Å². The highest BCUT2D eigenvalue weighted by Gasteiger charge is 2.15. The van der Waals surface area contributed by atoms with Gasteiger partial charge < -0.3 is 4.42 Å². The molecule has 3 nitrogen and oxygen atoms in total. The van der Waals surface area contributed by atoms with Crippen LogP contribution in [0.2, 0.25) is 5.02 Å². The van der Waals surface area contributed by atoms with Crippen LogP contribution in [0.4, 0.5) is 0 Å². The Morgan fingerprint density at radius 1 is 1.35 bits per heavy atom. The molecule has 20 heavy (non-hydrogen) atoms. The van der Waals surface area contributed by atoms with Gasteiger partial charge in [-0.3, -0.25) is 9.78 Å². The molecule has 0 radical (unpaired) electrons. The average molecular weight is 351 g/mol. The number of pyridine rings is 1. The van der Waals surface area contributed by atoms with Crippen LogP contribution < -0.4 is 0 Å². The number of nitrogens with zero attached hydrogens (tertiary/aromatic N) is 1. The number of para-hydroxylation sites is 1. The molecular weight excluding hydrogens is 342 g/mol. The van der Waals surface area contributed by atoms with Gasteiger partial charge in [0.1, 0.15) is 5.58 Å². The van der Waals surface area contributed by atoms with Gasteiger partial charge in [0.25, 0.3) is 0 Å². The Labute approximate surface area is 128 Å². The van der Waals surface area contributed by atoms with E-state index in [1.54, 1.807) is 18.3 Å². The number of carbonyl (C=O) groups is 1. The number of carbonyl (C=O) groups excluding carboxylic acids is 1. The van der Waals surface area contributed by atoms with Crippen molar-refractivity contribution in [3.63, 3.8) is 0 Å². The first-order valence-electron chi connectivity index (χ1n) is 5.95. The molecule has 5 heteroatoms. The van der Waals surface area contributed by atoms with Crippen molar-refractivity contribution in [1.82, 2.24) is 4.98 Å². The predicted octanol–water partition coefficient (Wildman–Crippen LogP) is 4.67. The minimum absolute atomic E-state index is 0.110. The van der Waals surface area contributed by atoms with Crippen molar-refractivity contribution in [2.24, 2.45) is 0 Å². The third-order valence-electron chi connectivity index (χ3n) is 2.98. The molecule has 0 aliphatic heterocycles. The number of rotatable bonds is 3.